The predicted molar refractivity (Wildman–Crippen MR) is 75.2 cm³/mol. The normalized spacial score (nSPS) is 10.7. The predicted octanol–water partition coefficient (Wildman–Crippen LogP) is 1.99. The van der Waals surface area contributed by atoms with Gasteiger partial charge in [-0.3, -0.25) is 10.4 Å². The Morgan fingerprint density at radius 2 is 2.17 bits per heavy atom. The molecule has 5 heteroatoms. The van der Waals surface area contributed by atoms with E-state index in [9.17, 15) is 0 Å². The summed E-state index contributed by atoms with van der Waals surface area (Å²) in [5.41, 5.74) is 7.15. The molecular formula is C13H15N3OS. The molecule has 0 atom stereocenters. The molecule has 0 aliphatic rings. The third-order valence-corrected chi connectivity index (χ3v) is 3.79. The minimum Gasteiger partial charge on any atom is -0.396 e. The lowest BCUT2D eigenvalue weighted by Gasteiger charge is -2.10. The van der Waals surface area contributed by atoms with Crippen molar-refractivity contribution in [2.24, 2.45) is 5.73 Å². The van der Waals surface area contributed by atoms with Crippen molar-refractivity contribution < 1.29 is 5.11 Å². The highest BCUT2D eigenvalue weighted by Gasteiger charge is 2.11. The molecule has 0 saturated carbocycles. The molecule has 0 radical (unpaired) electrons. The summed E-state index contributed by atoms with van der Waals surface area (Å²) in [4.78, 5) is 5.28. The van der Waals surface area contributed by atoms with Crippen molar-refractivity contribution in [2.75, 3.05) is 12.4 Å². The van der Waals surface area contributed by atoms with Crippen molar-refractivity contribution in [3.8, 4) is 0 Å². The number of amidine groups is 1. The number of hydrogen-bond acceptors (Lipinski definition) is 4. The molecule has 0 spiro atoms. The summed E-state index contributed by atoms with van der Waals surface area (Å²) >= 11 is 1.61. The van der Waals surface area contributed by atoms with Gasteiger partial charge in [-0.2, -0.15) is 0 Å². The summed E-state index contributed by atoms with van der Waals surface area (Å²) in [5, 5.41) is 17.5. The van der Waals surface area contributed by atoms with E-state index in [0.717, 1.165) is 28.0 Å². The van der Waals surface area contributed by atoms with E-state index in [1.807, 2.05) is 24.3 Å². The lowest BCUT2D eigenvalue weighted by molar-refractivity contribution is 0.296. The zero-order chi connectivity index (χ0) is 13.0. The Morgan fingerprint density at radius 1 is 1.39 bits per heavy atom. The van der Waals surface area contributed by atoms with Gasteiger partial charge in [0.05, 0.1) is 5.52 Å². The van der Waals surface area contributed by atoms with Crippen LogP contribution in [0.1, 0.15) is 12.0 Å². The lowest BCUT2D eigenvalue weighted by atomic mass is 10.1. The van der Waals surface area contributed by atoms with Gasteiger partial charge in [0.25, 0.3) is 0 Å². The Morgan fingerprint density at radius 3 is 2.89 bits per heavy atom. The molecule has 1 aromatic heterocycles. The number of aliphatic hydroxyl groups is 1. The molecule has 2 aromatic rings. The molecule has 0 aliphatic heterocycles. The summed E-state index contributed by atoms with van der Waals surface area (Å²) in [7, 11) is 0. The first kappa shape index (κ1) is 12.9. The summed E-state index contributed by atoms with van der Waals surface area (Å²) in [6.45, 7) is 0.172. The van der Waals surface area contributed by atoms with Crippen molar-refractivity contribution in [3.63, 3.8) is 0 Å². The number of fused-ring (bicyclic) bond motifs is 1. The zero-order valence-electron chi connectivity index (χ0n) is 9.89. The number of benzene rings is 1. The molecule has 4 N–H and O–H groups in total. The summed E-state index contributed by atoms with van der Waals surface area (Å²) < 4.78 is 0. The van der Waals surface area contributed by atoms with Gasteiger partial charge in [-0.05, 0) is 12.5 Å². The monoisotopic (exact) mass is 261 g/mol. The second-order valence-corrected chi connectivity index (χ2v) is 4.96. The number of aliphatic hydroxyl groups excluding tert-OH is 1. The Kier molecular flexibility index (Phi) is 4.17. The van der Waals surface area contributed by atoms with Crippen molar-refractivity contribution in [2.45, 2.75) is 11.3 Å². The molecule has 4 nitrogen and oxygen atoms in total. The van der Waals surface area contributed by atoms with Crippen LogP contribution in [0.5, 0.6) is 0 Å². The van der Waals surface area contributed by atoms with Gasteiger partial charge < -0.3 is 10.8 Å². The maximum absolute atomic E-state index is 8.84. The fourth-order valence-corrected chi connectivity index (χ4v) is 2.83. The highest BCUT2D eigenvalue weighted by molar-refractivity contribution is 7.99. The van der Waals surface area contributed by atoms with Crippen LogP contribution in [0.2, 0.25) is 0 Å². The number of nitrogens with one attached hydrogen (secondary N) is 1. The molecule has 18 heavy (non-hydrogen) atoms. The average Bonchev–Trinajstić information content (AvgIpc) is 2.38. The zero-order valence-corrected chi connectivity index (χ0v) is 10.7. The molecular weight excluding hydrogens is 246 g/mol. The van der Waals surface area contributed by atoms with Gasteiger partial charge in [-0.25, -0.2) is 0 Å². The fraction of sp³-hybridized carbons (Fsp3) is 0.231. The number of aromatic nitrogens is 1. The van der Waals surface area contributed by atoms with E-state index in [1.165, 1.54) is 0 Å². The van der Waals surface area contributed by atoms with Crippen LogP contribution in [0.3, 0.4) is 0 Å². The second kappa shape index (κ2) is 5.84. The molecule has 0 amide bonds. The molecule has 94 valence electrons. The van der Waals surface area contributed by atoms with Gasteiger partial charge in [0.1, 0.15) is 5.84 Å². The molecule has 0 fully saturated rings. The number of rotatable bonds is 5. The Labute approximate surface area is 110 Å². The van der Waals surface area contributed by atoms with Gasteiger partial charge in [-0.15, -0.1) is 11.8 Å². The second-order valence-electron chi connectivity index (χ2n) is 3.86. The van der Waals surface area contributed by atoms with Crippen LogP contribution in [0.15, 0.2) is 35.4 Å². The van der Waals surface area contributed by atoms with Crippen LogP contribution in [0.25, 0.3) is 10.9 Å². The number of thioether (sulfide) groups is 1. The topological polar surface area (TPSA) is 83.0 Å². The molecule has 1 aromatic carbocycles. The van der Waals surface area contributed by atoms with Crippen molar-refractivity contribution >= 4 is 28.5 Å². The number of nitrogens with zero attached hydrogens (tertiary/aromatic N) is 1. The number of hydrogen-bond donors (Lipinski definition) is 3. The fourth-order valence-electron chi connectivity index (χ4n) is 1.70. The van der Waals surface area contributed by atoms with Crippen LogP contribution in [-0.2, 0) is 0 Å². The molecule has 0 unspecified atom stereocenters. The SMILES string of the molecule is N=C(N)c1cnc2ccccc2c1SCCCO. The maximum Gasteiger partial charge on any atom is 0.125 e. The number of para-hydroxylation sites is 1. The minimum atomic E-state index is 0.0275. The van der Waals surface area contributed by atoms with Gasteiger partial charge in [-0.1, -0.05) is 18.2 Å². The largest absolute Gasteiger partial charge is 0.396 e. The van der Waals surface area contributed by atoms with Crippen LogP contribution >= 0.6 is 11.8 Å². The average molecular weight is 261 g/mol. The third kappa shape index (κ3) is 2.63. The van der Waals surface area contributed by atoms with Crippen molar-refractivity contribution in [1.82, 2.24) is 4.98 Å². The number of nitrogen functional groups attached to an aromatic ring is 1. The summed E-state index contributed by atoms with van der Waals surface area (Å²) in [6, 6.07) is 7.81. The first-order valence-electron chi connectivity index (χ1n) is 5.70. The Balaban J connectivity index is 2.48. The van der Waals surface area contributed by atoms with Gasteiger partial charge in [0, 0.05) is 34.4 Å². The Hall–Kier alpha value is -1.59. The quantitative estimate of drug-likeness (QED) is 0.333. The molecule has 2 rings (SSSR count). The van der Waals surface area contributed by atoms with E-state index in [1.54, 1.807) is 18.0 Å². The minimum absolute atomic E-state index is 0.0275. The van der Waals surface area contributed by atoms with Gasteiger partial charge in [0.15, 0.2) is 0 Å². The summed E-state index contributed by atoms with van der Waals surface area (Å²) in [5.74, 6) is 0.824. The van der Waals surface area contributed by atoms with Gasteiger partial charge in [0.2, 0.25) is 0 Å². The van der Waals surface area contributed by atoms with E-state index in [-0.39, 0.29) is 12.4 Å². The number of pyridine rings is 1. The first-order chi connectivity index (χ1) is 8.74. The van der Waals surface area contributed by atoms with Crippen molar-refractivity contribution in [3.05, 3.63) is 36.0 Å². The maximum atomic E-state index is 8.84. The van der Waals surface area contributed by atoms with E-state index in [2.05, 4.69) is 4.98 Å². The van der Waals surface area contributed by atoms with Gasteiger partial charge >= 0.3 is 0 Å². The smallest absolute Gasteiger partial charge is 0.125 e. The van der Waals surface area contributed by atoms with E-state index < -0.39 is 0 Å². The first-order valence-corrected chi connectivity index (χ1v) is 6.68. The molecule has 1 heterocycles. The van der Waals surface area contributed by atoms with E-state index >= 15 is 0 Å². The standard InChI is InChI=1S/C13H15N3OS/c14-13(15)10-8-16-11-5-2-1-4-9(11)12(10)18-7-3-6-17/h1-2,4-5,8,17H,3,6-7H2,(H3,14,15). The van der Waals surface area contributed by atoms with E-state index in [0.29, 0.717) is 5.56 Å². The van der Waals surface area contributed by atoms with Crippen LogP contribution < -0.4 is 5.73 Å². The summed E-state index contributed by atoms with van der Waals surface area (Å²) in [6.07, 6.45) is 2.37. The van der Waals surface area contributed by atoms with E-state index in [4.69, 9.17) is 16.2 Å². The highest BCUT2D eigenvalue weighted by atomic mass is 32.2. The molecule has 0 aliphatic carbocycles. The van der Waals surface area contributed by atoms with Crippen LogP contribution in [-0.4, -0.2) is 28.3 Å². The highest BCUT2D eigenvalue weighted by Crippen LogP contribution is 2.30. The van der Waals surface area contributed by atoms with Crippen LogP contribution in [0.4, 0.5) is 0 Å². The lowest BCUT2D eigenvalue weighted by Crippen LogP contribution is -2.13. The third-order valence-electron chi connectivity index (χ3n) is 2.57. The van der Waals surface area contributed by atoms with Crippen molar-refractivity contribution in [1.29, 1.82) is 5.41 Å². The van der Waals surface area contributed by atoms with Crippen LogP contribution in [0, 0.1) is 5.41 Å². The molecule has 0 saturated heterocycles. The molecule has 0 bridgehead atoms. The number of nitrogens with two attached hydrogens (primary N) is 1. The Bertz CT molecular complexity index is 571.